The Morgan fingerprint density at radius 3 is 2.32 bits per heavy atom. The first-order valence-corrected chi connectivity index (χ1v) is 9.77. The van der Waals surface area contributed by atoms with E-state index in [-0.39, 0.29) is 23.9 Å². The lowest BCUT2D eigenvalue weighted by molar-refractivity contribution is -0.145. The molecule has 0 unspecified atom stereocenters. The second-order valence-corrected chi connectivity index (χ2v) is 6.71. The number of amides is 2. The molecular formula is C22H20N2O6S. The zero-order chi connectivity index (χ0) is 22.4. The third kappa shape index (κ3) is 5.26. The molecule has 9 heteroatoms. The Labute approximate surface area is 184 Å². The van der Waals surface area contributed by atoms with Gasteiger partial charge in [0.15, 0.2) is 11.7 Å². The van der Waals surface area contributed by atoms with Crippen molar-refractivity contribution in [1.82, 2.24) is 5.32 Å². The maximum Gasteiger partial charge on any atom is 0.344 e. The Kier molecular flexibility index (Phi) is 6.99. The van der Waals surface area contributed by atoms with E-state index < -0.39 is 17.8 Å². The van der Waals surface area contributed by atoms with Gasteiger partial charge in [-0.05, 0) is 67.2 Å². The van der Waals surface area contributed by atoms with E-state index in [4.69, 9.17) is 26.4 Å². The van der Waals surface area contributed by atoms with E-state index in [1.165, 1.54) is 11.0 Å². The number of hydrogen-bond acceptors (Lipinski definition) is 7. The van der Waals surface area contributed by atoms with Gasteiger partial charge in [0, 0.05) is 0 Å². The van der Waals surface area contributed by atoms with E-state index >= 15 is 0 Å². The van der Waals surface area contributed by atoms with Crippen LogP contribution in [0.2, 0.25) is 0 Å². The number of nitrogens with one attached hydrogen (secondary N) is 1. The molecule has 1 fully saturated rings. The van der Waals surface area contributed by atoms with Crippen LogP contribution < -0.4 is 19.7 Å². The molecule has 3 rings (SSSR count). The first-order valence-electron chi connectivity index (χ1n) is 9.37. The standard InChI is InChI=1S/C22H20N2O6S/c1-3-29-19(25)13-30-17-8-4-14(5-9-17)12-18-20(26)23-22(31)24(21(18)27)15-6-10-16(28-2)11-7-15/h4-12H,3,13H2,1-2H3,(H,23,26,31)/b18-12+. The van der Waals surface area contributed by atoms with Crippen LogP contribution in [-0.4, -0.2) is 43.2 Å². The summed E-state index contributed by atoms with van der Waals surface area (Å²) in [5.41, 5.74) is 1.04. The first-order chi connectivity index (χ1) is 14.9. The molecule has 2 aromatic rings. The predicted octanol–water partition coefficient (Wildman–Crippen LogP) is 2.47. The molecule has 0 aromatic heterocycles. The fourth-order valence-electron chi connectivity index (χ4n) is 2.80. The van der Waals surface area contributed by atoms with Gasteiger partial charge in [0.1, 0.15) is 17.1 Å². The smallest absolute Gasteiger partial charge is 0.344 e. The lowest BCUT2D eigenvalue weighted by Gasteiger charge is -2.29. The van der Waals surface area contributed by atoms with Gasteiger partial charge in [-0.2, -0.15) is 0 Å². The van der Waals surface area contributed by atoms with Gasteiger partial charge in [-0.25, -0.2) is 4.79 Å². The average molecular weight is 440 g/mol. The van der Waals surface area contributed by atoms with E-state index in [1.54, 1.807) is 62.6 Å². The molecule has 0 saturated carbocycles. The summed E-state index contributed by atoms with van der Waals surface area (Å²) >= 11 is 5.19. The lowest BCUT2D eigenvalue weighted by Crippen LogP contribution is -2.54. The number of rotatable bonds is 7. The second kappa shape index (κ2) is 9.86. The van der Waals surface area contributed by atoms with Crippen molar-refractivity contribution in [1.29, 1.82) is 0 Å². The number of methoxy groups -OCH3 is 1. The number of carbonyl (C=O) groups excluding carboxylic acids is 3. The van der Waals surface area contributed by atoms with Crippen LogP contribution in [0.4, 0.5) is 5.69 Å². The summed E-state index contributed by atoms with van der Waals surface area (Å²) in [5, 5.41) is 2.54. The van der Waals surface area contributed by atoms with Crippen molar-refractivity contribution in [2.75, 3.05) is 25.2 Å². The van der Waals surface area contributed by atoms with Crippen LogP contribution in [-0.2, 0) is 19.1 Å². The molecule has 2 aromatic carbocycles. The van der Waals surface area contributed by atoms with E-state index in [0.717, 1.165) is 0 Å². The minimum atomic E-state index is -0.581. The highest BCUT2D eigenvalue weighted by atomic mass is 32.1. The largest absolute Gasteiger partial charge is 0.497 e. The monoisotopic (exact) mass is 440 g/mol. The number of thiocarbonyl (C=S) groups is 1. The molecule has 0 spiro atoms. The Morgan fingerprint density at radius 2 is 1.71 bits per heavy atom. The minimum absolute atomic E-state index is 0.0000279. The zero-order valence-electron chi connectivity index (χ0n) is 16.9. The fraction of sp³-hybridized carbons (Fsp3) is 0.182. The van der Waals surface area contributed by atoms with Crippen molar-refractivity contribution in [2.45, 2.75) is 6.92 Å². The Bertz CT molecular complexity index is 1030. The van der Waals surface area contributed by atoms with Crippen LogP contribution in [0, 0.1) is 0 Å². The zero-order valence-corrected chi connectivity index (χ0v) is 17.7. The molecule has 1 aliphatic rings. The van der Waals surface area contributed by atoms with Crippen LogP contribution in [0.3, 0.4) is 0 Å². The summed E-state index contributed by atoms with van der Waals surface area (Å²) in [6.07, 6.45) is 1.46. The molecule has 1 aliphatic heterocycles. The quantitative estimate of drug-likeness (QED) is 0.306. The Balaban J connectivity index is 1.78. The third-order valence-corrected chi connectivity index (χ3v) is 4.57. The van der Waals surface area contributed by atoms with Crippen LogP contribution in [0.1, 0.15) is 12.5 Å². The lowest BCUT2D eigenvalue weighted by atomic mass is 10.1. The summed E-state index contributed by atoms with van der Waals surface area (Å²) in [6, 6.07) is 13.3. The highest BCUT2D eigenvalue weighted by Gasteiger charge is 2.34. The van der Waals surface area contributed by atoms with Crippen LogP contribution in [0.25, 0.3) is 6.08 Å². The van der Waals surface area contributed by atoms with Gasteiger partial charge >= 0.3 is 5.97 Å². The van der Waals surface area contributed by atoms with Crippen molar-refractivity contribution in [2.24, 2.45) is 0 Å². The normalized spacial score (nSPS) is 15.0. The van der Waals surface area contributed by atoms with Gasteiger partial charge in [-0.1, -0.05) is 12.1 Å². The van der Waals surface area contributed by atoms with Crippen molar-refractivity contribution in [3.8, 4) is 11.5 Å². The van der Waals surface area contributed by atoms with Crippen molar-refractivity contribution in [3.63, 3.8) is 0 Å². The SMILES string of the molecule is CCOC(=O)COc1ccc(/C=C2\C(=O)NC(=S)N(c3ccc(OC)cc3)C2=O)cc1. The van der Waals surface area contributed by atoms with Crippen LogP contribution in [0.15, 0.2) is 54.1 Å². The topological polar surface area (TPSA) is 94.2 Å². The van der Waals surface area contributed by atoms with E-state index in [2.05, 4.69) is 5.32 Å². The van der Waals surface area contributed by atoms with Gasteiger partial charge in [-0.15, -0.1) is 0 Å². The number of nitrogens with zero attached hydrogens (tertiary/aromatic N) is 1. The molecule has 31 heavy (non-hydrogen) atoms. The molecular weight excluding hydrogens is 420 g/mol. The molecule has 0 radical (unpaired) electrons. The average Bonchev–Trinajstić information content (AvgIpc) is 2.76. The van der Waals surface area contributed by atoms with Gasteiger partial charge < -0.3 is 14.2 Å². The Morgan fingerprint density at radius 1 is 1.06 bits per heavy atom. The summed E-state index contributed by atoms with van der Waals surface area (Å²) < 4.78 is 15.3. The minimum Gasteiger partial charge on any atom is -0.497 e. The van der Waals surface area contributed by atoms with E-state index in [0.29, 0.717) is 22.7 Å². The summed E-state index contributed by atoms with van der Waals surface area (Å²) in [5.74, 6) is -0.503. The number of carbonyl (C=O) groups is 3. The number of anilines is 1. The number of benzene rings is 2. The highest BCUT2D eigenvalue weighted by molar-refractivity contribution is 7.80. The predicted molar refractivity (Wildman–Crippen MR) is 118 cm³/mol. The number of esters is 1. The maximum atomic E-state index is 13.0. The fourth-order valence-corrected chi connectivity index (χ4v) is 3.08. The van der Waals surface area contributed by atoms with Crippen molar-refractivity contribution in [3.05, 3.63) is 59.7 Å². The van der Waals surface area contributed by atoms with Gasteiger partial charge in [0.25, 0.3) is 11.8 Å². The first kappa shape index (κ1) is 22.0. The van der Waals surface area contributed by atoms with E-state index in [1.807, 2.05) is 0 Å². The second-order valence-electron chi connectivity index (χ2n) is 6.32. The summed E-state index contributed by atoms with van der Waals surface area (Å²) in [4.78, 5) is 38.0. The van der Waals surface area contributed by atoms with Crippen molar-refractivity contribution >= 4 is 46.9 Å². The number of ether oxygens (including phenoxy) is 3. The Hall–Kier alpha value is -3.72. The van der Waals surface area contributed by atoms with Crippen molar-refractivity contribution < 1.29 is 28.6 Å². The molecule has 0 aliphatic carbocycles. The van der Waals surface area contributed by atoms with Crippen LogP contribution in [0.5, 0.6) is 11.5 Å². The molecule has 0 atom stereocenters. The molecule has 1 N–H and O–H groups in total. The van der Waals surface area contributed by atoms with Gasteiger partial charge in [0.05, 0.1) is 19.4 Å². The third-order valence-electron chi connectivity index (χ3n) is 4.29. The van der Waals surface area contributed by atoms with Gasteiger partial charge in [-0.3, -0.25) is 19.8 Å². The maximum absolute atomic E-state index is 13.0. The molecule has 0 bridgehead atoms. The molecule has 8 nitrogen and oxygen atoms in total. The molecule has 2 amide bonds. The molecule has 160 valence electrons. The summed E-state index contributed by atoms with van der Waals surface area (Å²) in [7, 11) is 1.54. The van der Waals surface area contributed by atoms with Crippen LogP contribution >= 0.6 is 12.2 Å². The number of hydrogen-bond donors (Lipinski definition) is 1. The molecule has 1 heterocycles. The highest BCUT2D eigenvalue weighted by Crippen LogP contribution is 2.24. The molecule has 1 saturated heterocycles. The summed E-state index contributed by atoms with van der Waals surface area (Å²) in [6.45, 7) is 1.79. The van der Waals surface area contributed by atoms with E-state index in [9.17, 15) is 14.4 Å². The van der Waals surface area contributed by atoms with Gasteiger partial charge in [0.2, 0.25) is 0 Å².